The second-order valence-electron chi connectivity index (χ2n) is 4.43. The van der Waals surface area contributed by atoms with Gasteiger partial charge in [0.05, 0.1) is 0 Å². The summed E-state index contributed by atoms with van der Waals surface area (Å²) in [7, 11) is 0. The van der Waals surface area contributed by atoms with Gasteiger partial charge in [-0.2, -0.15) is 0 Å². The van der Waals surface area contributed by atoms with Gasteiger partial charge < -0.3 is 10.4 Å². The third-order valence-electron chi connectivity index (χ3n) is 2.78. The molecular weight excluding hydrogens is 233 g/mol. The van der Waals surface area contributed by atoms with E-state index in [0.717, 1.165) is 6.42 Å². The molecule has 1 aromatic rings. The highest BCUT2D eigenvalue weighted by Gasteiger charge is 2.08. The fraction of sp³-hybridized carbons (Fsp3) is 0.500. The average molecular weight is 253 g/mol. The molecule has 2 N–H and O–H groups in total. The van der Waals surface area contributed by atoms with Gasteiger partial charge in [0, 0.05) is 19.1 Å². The van der Waals surface area contributed by atoms with Gasteiger partial charge >= 0.3 is 0 Å². The predicted molar refractivity (Wildman–Crippen MR) is 68.6 cm³/mol. The van der Waals surface area contributed by atoms with Gasteiger partial charge in [-0.25, -0.2) is 4.39 Å². The van der Waals surface area contributed by atoms with Crippen molar-refractivity contribution in [1.29, 1.82) is 0 Å². The van der Waals surface area contributed by atoms with Gasteiger partial charge in [0.1, 0.15) is 5.82 Å². The van der Waals surface area contributed by atoms with Crippen molar-refractivity contribution in [2.24, 2.45) is 0 Å². The SMILES string of the molecule is CC(CCCO)NC(=O)CCc1ccccc1F. The van der Waals surface area contributed by atoms with E-state index in [1.165, 1.54) is 6.07 Å². The van der Waals surface area contributed by atoms with E-state index in [2.05, 4.69) is 5.32 Å². The Kier molecular flexibility index (Phi) is 6.36. The lowest BCUT2D eigenvalue weighted by Crippen LogP contribution is -2.32. The van der Waals surface area contributed by atoms with Crippen LogP contribution in [0.2, 0.25) is 0 Å². The van der Waals surface area contributed by atoms with Crippen LogP contribution < -0.4 is 5.32 Å². The Morgan fingerprint density at radius 1 is 1.44 bits per heavy atom. The van der Waals surface area contributed by atoms with Crippen molar-refractivity contribution in [2.45, 2.75) is 38.6 Å². The summed E-state index contributed by atoms with van der Waals surface area (Å²) in [5.41, 5.74) is 0.565. The quantitative estimate of drug-likeness (QED) is 0.781. The zero-order valence-electron chi connectivity index (χ0n) is 10.7. The molecule has 1 amide bonds. The van der Waals surface area contributed by atoms with Crippen molar-refractivity contribution in [3.63, 3.8) is 0 Å². The molecule has 0 aliphatic rings. The first-order chi connectivity index (χ1) is 8.63. The number of nitrogens with one attached hydrogen (secondary N) is 1. The molecule has 1 unspecified atom stereocenters. The lowest BCUT2D eigenvalue weighted by Gasteiger charge is -2.13. The number of aliphatic hydroxyl groups is 1. The molecular formula is C14H20FNO2. The Hall–Kier alpha value is -1.42. The molecule has 0 fully saturated rings. The van der Waals surface area contributed by atoms with Crippen molar-refractivity contribution in [1.82, 2.24) is 5.32 Å². The minimum atomic E-state index is -0.265. The first-order valence-electron chi connectivity index (χ1n) is 6.27. The Morgan fingerprint density at radius 2 is 2.17 bits per heavy atom. The van der Waals surface area contributed by atoms with Crippen LogP contribution in [-0.4, -0.2) is 23.7 Å². The zero-order chi connectivity index (χ0) is 13.4. The zero-order valence-corrected chi connectivity index (χ0v) is 10.7. The van der Waals surface area contributed by atoms with Crippen LogP contribution in [0.4, 0.5) is 4.39 Å². The van der Waals surface area contributed by atoms with Crippen LogP contribution in [0.25, 0.3) is 0 Å². The summed E-state index contributed by atoms with van der Waals surface area (Å²) >= 11 is 0. The van der Waals surface area contributed by atoms with Gasteiger partial charge in [0.15, 0.2) is 0 Å². The van der Waals surface area contributed by atoms with Crippen molar-refractivity contribution in [3.05, 3.63) is 35.6 Å². The molecule has 1 rings (SSSR count). The first-order valence-corrected chi connectivity index (χ1v) is 6.27. The fourth-order valence-corrected chi connectivity index (χ4v) is 1.77. The fourth-order valence-electron chi connectivity index (χ4n) is 1.77. The van der Waals surface area contributed by atoms with E-state index < -0.39 is 0 Å². The van der Waals surface area contributed by atoms with Gasteiger partial charge in [0.25, 0.3) is 0 Å². The summed E-state index contributed by atoms with van der Waals surface area (Å²) in [4.78, 5) is 11.6. The molecule has 0 radical (unpaired) electrons. The van der Waals surface area contributed by atoms with Crippen LogP contribution in [0.3, 0.4) is 0 Å². The highest BCUT2D eigenvalue weighted by atomic mass is 19.1. The number of aryl methyl sites for hydroxylation is 1. The van der Waals surface area contributed by atoms with Gasteiger partial charge in [-0.1, -0.05) is 18.2 Å². The monoisotopic (exact) mass is 253 g/mol. The summed E-state index contributed by atoms with van der Waals surface area (Å²) in [6, 6.07) is 6.54. The number of carbonyl (C=O) groups excluding carboxylic acids is 1. The van der Waals surface area contributed by atoms with Crippen molar-refractivity contribution in [3.8, 4) is 0 Å². The number of rotatable bonds is 7. The average Bonchev–Trinajstić information content (AvgIpc) is 2.35. The molecule has 0 saturated heterocycles. The van der Waals surface area contributed by atoms with Crippen LogP contribution in [0, 0.1) is 5.82 Å². The molecule has 3 nitrogen and oxygen atoms in total. The molecule has 18 heavy (non-hydrogen) atoms. The maximum Gasteiger partial charge on any atom is 0.220 e. The second-order valence-corrected chi connectivity index (χ2v) is 4.43. The Bertz CT molecular complexity index is 382. The number of amides is 1. The molecule has 0 aliphatic heterocycles. The summed E-state index contributed by atoms with van der Waals surface area (Å²) in [6.45, 7) is 2.03. The molecule has 0 heterocycles. The smallest absolute Gasteiger partial charge is 0.220 e. The van der Waals surface area contributed by atoms with Crippen LogP contribution >= 0.6 is 0 Å². The van der Waals surface area contributed by atoms with Crippen LogP contribution in [0.1, 0.15) is 31.7 Å². The summed E-state index contributed by atoms with van der Waals surface area (Å²) in [5, 5.41) is 11.5. The number of aliphatic hydroxyl groups excluding tert-OH is 1. The van der Waals surface area contributed by atoms with Gasteiger partial charge in [0.2, 0.25) is 5.91 Å². The molecule has 4 heteroatoms. The van der Waals surface area contributed by atoms with E-state index in [-0.39, 0.29) is 30.8 Å². The first kappa shape index (κ1) is 14.6. The molecule has 1 atom stereocenters. The summed E-state index contributed by atoms with van der Waals surface area (Å²) in [5.74, 6) is -0.345. The predicted octanol–water partition coefficient (Wildman–Crippen LogP) is 2.04. The highest BCUT2D eigenvalue weighted by Crippen LogP contribution is 2.08. The number of carbonyl (C=O) groups is 1. The minimum Gasteiger partial charge on any atom is -0.396 e. The lowest BCUT2D eigenvalue weighted by molar-refractivity contribution is -0.121. The Labute approximate surface area is 107 Å². The van der Waals surface area contributed by atoms with Crippen LogP contribution in [0.5, 0.6) is 0 Å². The molecule has 0 aliphatic carbocycles. The topological polar surface area (TPSA) is 49.3 Å². The van der Waals surface area contributed by atoms with Crippen molar-refractivity contribution in [2.75, 3.05) is 6.61 Å². The standard InChI is InChI=1S/C14H20FNO2/c1-11(5-4-10-17)16-14(18)9-8-12-6-2-3-7-13(12)15/h2-3,6-7,11,17H,4-5,8-10H2,1H3,(H,16,18). The third kappa shape index (κ3) is 5.27. The van der Waals surface area contributed by atoms with E-state index >= 15 is 0 Å². The van der Waals surface area contributed by atoms with Crippen LogP contribution in [0.15, 0.2) is 24.3 Å². The number of hydrogen-bond donors (Lipinski definition) is 2. The molecule has 0 bridgehead atoms. The largest absolute Gasteiger partial charge is 0.396 e. The summed E-state index contributed by atoms with van der Waals surface area (Å²) < 4.78 is 13.3. The Morgan fingerprint density at radius 3 is 2.83 bits per heavy atom. The Balaban J connectivity index is 2.31. The number of benzene rings is 1. The van der Waals surface area contributed by atoms with Crippen molar-refractivity contribution < 1.29 is 14.3 Å². The van der Waals surface area contributed by atoms with Crippen LogP contribution in [-0.2, 0) is 11.2 Å². The van der Waals surface area contributed by atoms with Gasteiger partial charge in [-0.15, -0.1) is 0 Å². The van der Waals surface area contributed by atoms with Gasteiger partial charge in [-0.05, 0) is 37.8 Å². The van der Waals surface area contributed by atoms with E-state index in [0.29, 0.717) is 18.4 Å². The molecule has 0 saturated carbocycles. The normalized spacial score (nSPS) is 12.2. The van der Waals surface area contributed by atoms with E-state index in [4.69, 9.17) is 5.11 Å². The molecule has 0 aromatic heterocycles. The maximum atomic E-state index is 13.3. The third-order valence-corrected chi connectivity index (χ3v) is 2.78. The second kappa shape index (κ2) is 7.82. The number of hydrogen-bond acceptors (Lipinski definition) is 2. The minimum absolute atomic E-state index is 0.0465. The maximum absolute atomic E-state index is 13.3. The van der Waals surface area contributed by atoms with E-state index in [1.54, 1.807) is 18.2 Å². The lowest BCUT2D eigenvalue weighted by atomic mass is 10.1. The summed E-state index contributed by atoms with van der Waals surface area (Å²) in [6.07, 6.45) is 2.12. The van der Waals surface area contributed by atoms with E-state index in [9.17, 15) is 9.18 Å². The molecule has 0 spiro atoms. The van der Waals surface area contributed by atoms with E-state index in [1.807, 2.05) is 6.92 Å². The molecule has 100 valence electrons. The molecule has 1 aromatic carbocycles. The van der Waals surface area contributed by atoms with Gasteiger partial charge in [-0.3, -0.25) is 4.79 Å². The number of halogens is 1. The highest BCUT2D eigenvalue weighted by molar-refractivity contribution is 5.76. The van der Waals surface area contributed by atoms with Crippen molar-refractivity contribution >= 4 is 5.91 Å².